The normalized spacial score (nSPS) is 17.0. The third kappa shape index (κ3) is 7.71. The van der Waals surface area contributed by atoms with Crippen LogP contribution in [0.4, 0.5) is 4.79 Å². The van der Waals surface area contributed by atoms with Crippen LogP contribution in [0.2, 0.25) is 0 Å². The number of amides is 4. The lowest BCUT2D eigenvalue weighted by Crippen LogP contribution is -2.50. The molecule has 148 valence electrons. The number of carbonyl (C=O) groups excluding carboxylic acids is 4. The minimum atomic E-state index is -0.651. The van der Waals surface area contributed by atoms with Crippen molar-refractivity contribution in [2.24, 2.45) is 0 Å². The van der Waals surface area contributed by atoms with E-state index in [-0.39, 0.29) is 25.0 Å². The van der Waals surface area contributed by atoms with Crippen LogP contribution in [-0.4, -0.2) is 66.0 Å². The van der Waals surface area contributed by atoms with Crippen LogP contribution >= 0.6 is 0 Å². The van der Waals surface area contributed by atoms with E-state index in [0.29, 0.717) is 19.4 Å². The first-order chi connectivity index (χ1) is 12.0. The van der Waals surface area contributed by atoms with Crippen molar-refractivity contribution in [3.63, 3.8) is 0 Å². The molecule has 1 unspecified atom stereocenters. The predicted molar refractivity (Wildman–Crippen MR) is 95.3 cm³/mol. The molecule has 1 fully saturated rings. The molecule has 0 aromatic rings. The van der Waals surface area contributed by atoms with Gasteiger partial charge in [-0.25, -0.2) is 4.79 Å². The summed E-state index contributed by atoms with van der Waals surface area (Å²) in [5.74, 6) is -1.18. The average molecular weight is 370 g/mol. The highest BCUT2D eigenvalue weighted by atomic mass is 16.6. The van der Waals surface area contributed by atoms with Gasteiger partial charge >= 0.3 is 6.09 Å². The van der Waals surface area contributed by atoms with E-state index in [0.717, 1.165) is 0 Å². The molecule has 1 aliphatic heterocycles. The fourth-order valence-electron chi connectivity index (χ4n) is 2.48. The number of carbonyl (C=O) groups is 4. The fraction of sp³-hybridized carbons (Fsp3) is 0.765. The Labute approximate surface area is 154 Å². The molecule has 0 saturated carbocycles. The van der Waals surface area contributed by atoms with Crippen molar-refractivity contribution in [1.29, 1.82) is 0 Å². The van der Waals surface area contributed by atoms with Crippen molar-refractivity contribution < 1.29 is 23.9 Å². The maximum Gasteiger partial charge on any atom is 0.410 e. The first-order valence-corrected chi connectivity index (χ1v) is 8.83. The number of ether oxygens (including phenoxy) is 1. The second kappa shape index (κ2) is 9.40. The van der Waals surface area contributed by atoms with Gasteiger partial charge in [0.1, 0.15) is 11.6 Å². The molecule has 1 aliphatic rings. The van der Waals surface area contributed by atoms with Crippen molar-refractivity contribution in [3.05, 3.63) is 0 Å². The lowest BCUT2D eigenvalue weighted by atomic mass is 10.2. The SMILES string of the molecule is CC(C)NC(=O)CNC(=O)CNC(=O)C1CCCN1C(=O)OC(C)(C)C. The monoisotopic (exact) mass is 370 g/mol. The Morgan fingerprint density at radius 2 is 1.69 bits per heavy atom. The number of nitrogens with zero attached hydrogens (tertiary/aromatic N) is 1. The molecule has 4 amide bonds. The van der Waals surface area contributed by atoms with E-state index in [9.17, 15) is 19.2 Å². The van der Waals surface area contributed by atoms with Crippen molar-refractivity contribution in [3.8, 4) is 0 Å². The quantitative estimate of drug-likeness (QED) is 0.615. The van der Waals surface area contributed by atoms with Gasteiger partial charge < -0.3 is 20.7 Å². The highest BCUT2D eigenvalue weighted by Gasteiger charge is 2.36. The molecule has 0 spiro atoms. The molecule has 0 aromatic heterocycles. The highest BCUT2D eigenvalue weighted by Crippen LogP contribution is 2.20. The lowest BCUT2D eigenvalue weighted by Gasteiger charge is -2.28. The summed E-state index contributed by atoms with van der Waals surface area (Å²) >= 11 is 0. The van der Waals surface area contributed by atoms with Crippen LogP contribution in [0.25, 0.3) is 0 Å². The summed E-state index contributed by atoms with van der Waals surface area (Å²) in [5, 5.41) is 7.58. The van der Waals surface area contributed by atoms with Gasteiger partial charge in [-0.15, -0.1) is 0 Å². The van der Waals surface area contributed by atoms with Gasteiger partial charge in [-0.2, -0.15) is 0 Å². The van der Waals surface area contributed by atoms with Crippen LogP contribution in [-0.2, 0) is 19.1 Å². The average Bonchev–Trinajstić information content (AvgIpc) is 2.98. The molecule has 0 radical (unpaired) electrons. The molecule has 3 N–H and O–H groups in total. The van der Waals surface area contributed by atoms with Gasteiger partial charge in [0.25, 0.3) is 0 Å². The van der Waals surface area contributed by atoms with E-state index < -0.39 is 29.6 Å². The van der Waals surface area contributed by atoms with Gasteiger partial charge in [0.15, 0.2) is 0 Å². The van der Waals surface area contributed by atoms with Crippen molar-refractivity contribution in [1.82, 2.24) is 20.9 Å². The summed E-state index contributed by atoms with van der Waals surface area (Å²) in [6.45, 7) is 8.94. The molecule has 9 heteroatoms. The van der Waals surface area contributed by atoms with E-state index >= 15 is 0 Å². The number of likely N-dealkylation sites (tertiary alicyclic amines) is 1. The zero-order valence-corrected chi connectivity index (χ0v) is 16.2. The van der Waals surface area contributed by atoms with Gasteiger partial charge in [0.2, 0.25) is 17.7 Å². The Bertz CT molecular complexity index is 542. The molecule has 9 nitrogen and oxygen atoms in total. The Morgan fingerprint density at radius 3 is 2.27 bits per heavy atom. The van der Waals surface area contributed by atoms with Crippen LogP contribution in [0, 0.1) is 0 Å². The Hall–Kier alpha value is -2.32. The minimum absolute atomic E-state index is 0.0136. The number of rotatable bonds is 6. The zero-order chi connectivity index (χ0) is 19.9. The van der Waals surface area contributed by atoms with Crippen LogP contribution in [0.1, 0.15) is 47.5 Å². The topological polar surface area (TPSA) is 117 Å². The largest absolute Gasteiger partial charge is 0.444 e. The molecule has 26 heavy (non-hydrogen) atoms. The third-order valence-corrected chi connectivity index (χ3v) is 3.50. The second-order valence-electron chi connectivity index (χ2n) is 7.55. The van der Waals surface area contributed by atoms with E-state index in [2.05, 4.69) is 16.0 Å². The molecular weight excluding hydrogens is 340 g/mol. The molecule has 1 heterocycles. The molecule has 0 bridgehead atoms. The Morgan fingerprint density at radius 1 is 1.08 bits per heavy atom. The van der Waals surface area contributed by atoms with Gasteiger partial charge in [-0.3, -0.25) is 19.3 Å². The van der Waals surface area contributed by atoms with Crippen LogP contribution in [0.15, 0.2) is 0 Å². The zero-order valence-electron chi connectivity index (χ0n) is 16.2. The Balaban J connectivity index is 2.43. The van der Waals surface area contributed by atoms with Crippen molar-refractivity contribution >= 4 is 23.8 Å². The third-order valence-electron chi connectivity index (χ3n) is 3.50. The van der Waals surface area contributed by atoms with Crippen LogP contribution in [0.5, 0.6) is 0 Å². The van der Waals surface area contributed by atoms with Gasteiger partial charge in [-0.05, 0) is 47.5 Å². The second-order valence-corrected chi connectivity index (χ2v) is 7.55. The number of hydrogen-bond acceptors (Lipinski definition) is 5. The summed E-state index contributed by atoms with van der Waals surface area (Å²) in [7, 11) is 0. The smallest absolute Gasteiger partial charge is 0.410 e. The van der Waals surface area contributed by atoms with Gasteiger partial charge in [0, 0.05) is 12.6 Å². The fourth-order valence-corrected chi connectivity index (χ4v) is 2.48. The minimum Gasteiger partial charge on any atom is -0.444 e. The van der Waals surface area contributed by atoms with Crippen molar-refractivity contribution in [2.45, 2.75) is 65.1 Å². The molecule has 1 saturated heterocycles. The van der Waals surface area contributed by atoms with Gasteiger partial charge in [0.05, 0.1) is 13.1 Å². The summed E-state index contributed by atoms with van der Waals surface area (Å²) in [4.78, 5) is 49.1. The number of hydrogen-bond donors (Lipinski definition) is 3. The molecule has 0 aliphatic carbocycles. The maximum absolute atomic E-state index is 12.3. The van der Waals surface area contributed by atoms with E-state index in [1.54, 1.807) is 20.8 Å². The first kappa shape index (κ1) is 21.7. The standard InChI is InChI=1S/C17H30N4O5/c1-11(2)20-14(23)10-18-13(22)9-19-15(24)12-7-6-8-21(12)16(25)26-17(3,4)5/h11-12H,6-10H2,1-5H3,(H,18,22)(H,19,24)(H,20,23). The summed E-state index contributed by atoms with van der Waals surface area (Å²) < 4.78 is 5.31. The first-order valence-electron chi connectivity index (χ1n) is 8.83. The van der Waals surface area contributed by atoms with Crippen LogP contribution < -0.4 is 16.0 Å². The highest BCUT2D eigenvalue weighted by molar-refractivity contribution is 5.91. The number of nitrogens with one attached hydrogen (secondary N) is 3. The molecule has 1 atom stereocenters. The summed E-state index contributed by atoms with van der Waals surface area (Å²) in [6, 6.07) is -0.665. The maximum atomic E-state index is 12.3. The van der Waals surface area contributed by atoms with Gasteiger partial charge in [-0.1, -0.05) is 0 Å². The predicted octanol–water partition coefficient (Wildman–Crippen LogP) is 0.143. The van der Waals surface area contributed by atoms with E-state index in [1.807, 2.05) is 13.8 Å². The van der Waals surface area contributed by atoms with Crippen LogP contribution in [0.3, 0.4) is 0 Å². The Kier molecular flexibility index (Phi) is 7.85. The molecule has 1 rings (SSSR count). The lowest BCUT2D eigenvalue weighted by molar-refractivity contribution is -0.129. The summed E-state index contributed by atoms with van der Waals surface area (Å²) in [6.07, 6.45) is 0.674. The summed E-state index contributed by atoms with van der Waals surface area (Å²) in [5.41, 5.74) is -0.642. The molecular formula is C17H30N4O5. The van der Waals surface area contributed by atoms with Crippen molar-refractivity contribution in [2.75, 3.05) is 19.6 Å². The van der Waals surface area contributed by atoms with E-state index in [1.165, 1.54) is 4.90 Å². The van der Waals surface area contributed by atoms with E-state index in [4.69, 9.17) is 4.74 Å². The molecule has 0 aromatic carbocycles.